The average Bonchev–Trinajstić information content (AvgIpc) is 3.05. The van der Waals surface area contributed by atoms with Crippen LogP contribution in [0, 0.1) is 11.3 Å². The summed E-state index contributed by atoms with van der Waals surface area (Å²) >= 11 is 7.58. The van der Waals surface area contributed by atoms with Crippen LogP contribution in [0.15, 0.2) is 42.5 Å². The molecule has 5 nitrogen and oxygen atoms in total. The molecule has 2 aromatic carbocycles. The summed E-state index contributed by atoms with van der Waals surface area (Å²) in [6, 6.07) is 14.8. The lowest BCUT2D eigenvalue weighted by Gasteiger charge is -2.22. The van der Waals surface area contributed by atoms with Crippen LogP contribution in [0.4, 0.5) is 5.69 Å². The monoisotopic (exact) mass is 384 g/mol. The molecule has 0 saturated carbocycles. The number of hydrogen-bond acceptors (Lipinski definition) is 5. The number of aromatic nitrogens is 1. The van der Waals surface area contributed by atoms with Crippen molar-refractivity contribution in [3.63, 3.8) is 0 Å². The summed E-state index contributed by atoms with van der Waals surface area (Å²) in [5.41, 5.74) is 1.77. The zero-order chi connectivity index (χ0) is 18.7. The summed E-state index contributed by atoms with van der Waals surface area (Å²) < 4.78 is 1.13. The van der Waals surface area contributed by atoms with Gasteiger partial charge >= 0.3 is 0 Å². The standard InChI is InChI=1S/C19H17ClN4OS/c1-12(19-23-15-5-3-4-6-17(15)26-19)24(2)11-18(25)22-16-9-14(20)8-7-13(16)10-21/h3-9,12H,11H2,1-2H3,(H,22,25)/t12-/m1/s1. The highest BCUT2D eigenvalue weighted by Crippen LogP contribution is 2.28. The van der Waals surface area contributed by atoms with Crippen LogP contribution in [-0.4, -0.2) is 29.4 Å². The number of carbonyl (C=O) groups excluding carboxylic acids is 1. The Morgan fingerprint density at radius 2 is 2.15 bits per heavy atom. The molecular weight excluding hydrogens is 368 g/mol. The van der Waals surface area contributed by atoms with Gasteiger partial charge in [-0.25, -0.2) is 4.98 Å². The first-order chi connectivity index (χ1) is 12.5. The minimum absolute atomic E-state index is 0.00653. The van der Waals surface area contributed by atoms with Crippen LogP contribution >= 0.6 is 22.9 Å². The Kier molecular flexibility index (Phi) is 5.52. The third kappa shape index (κ3) is 4.02. The number of hydrogen-bond donors (Lipinski definition) is 1. The molecule has 0 fully saturated rings. The third-order valence-corrected chi connectivity index (χ3v) is 5.54. The minimum atomic E-state index is -0.209. The molecule has 0 spiro atoms. The van der Waals surface area contributed by atoms with E-state index in [2.05, 4.69) is 10.3 Å². The van der Waals surface area contributed by atoms with Crippen molar-refractivity contribution >= 4 is 44.7 Å². The Bertz CT molecular complexity index is 962. The third-order valence-electron chi connectivity index (χ3n) is 4.10. The predicted molar refractivity (Wildman–Crippen MR) is 105 cm³/mol. The van der Waals surface area contributed by atoms with Gasteiger partial charge in [0, 0.05) is 5.02 Å². The number of fused-ring (bicyclic) bond motifs is 1. The Morgan fingerprint density at radius 3 is 2.88 bits per heavy atom. The Balaban J connectivity index is 1.69. The van der Waals surface area contributed by atoms with Gasteiger partial charge in [0.2, 0.25) is 5.91 Å². The number of thiazole rings is 1. The van der Waals surface area contributed by atoms with E-state index >= 15 is 0 Å². The van der Waals surface area contributed by atoms with Crippen molar-refractivity contribution in [3.05, 3.63) is 58.1 Å². The van der Waals surface area contributed by atoms with Crippen LogP contribution in [0.5, 0.6) is 0 Å². The van der Waals surface area contributed by atoms with E-state index in [-0.39, 0.29) is 18.5 Å². The van der Waals surface area contributed by atoms with Gasteiger partial charge < -0.3 is 5.32 Å². The number of likely N-dealkylation sites (N-methyl/N-ethyl adjacent to an activating group) is 1. The fourth-order valence-corrected chi connectivity index (χ4v) is 3.78. The quantitative estimate of drug-likeness (QED) is 0.705. The lowest BCUT2D eigenvalue weighted by molar-refractivity contribution is -0.117. The zero-order valence-corrected chi connectivity index (χ0v) is 15.9. The number of nitriles is 1. The normalized spacial score (nSPS) is 12.1. The number of halogens is 1. The summed E-state index contributed by atoms with van der Waals surface area (Å²) in [4.78, 5) is 19.0. The molecule has 1 atom stereocenters. The molecule has 1 aromatic heterocycles. The zero-order valence-electron chi connectivity index (χ0n) is 14.4. The van der Waals surface area contributed by atoms with Crippen LogP contribution in [0.3, 0.4) is 0 Å². The van der Waals surface area contributed by atoms with Crippen molar-refractivity contribution in [2.45, 2.75) is 13.0 Å². The highest BCUT2D eigenvalue weighted by molar-refractivity contribution is 7.18. The molecule has 0 saturated heterocycles. The van der Waals surface area contributed by atoms with Gasteiger partial charge in [-0.2, -0.15) is 5.26 Å². The predicted octanol–water partition coefficient (Wildman–Crippen LogP) is 4.45. The van der Waals surface area contributed by atoms with Gasteiger partial charge in [0.25, 0.3) is 0 Å². The van der Waals surface area contributed by atoms with Gasteiger partial charge in [0.15, 0.2) is 0 Å². The molecule has 1 amide bonds. The van der Waals surface area contributed by atoms with Crippen LogP contribution in [0.25, 0.3) is 10.2 Å². The van der Waals surface area contributed by atoms with E-state index in [0.29, 0.717) is 16.3 Å². The lowest BCUT2D eigenvalue weighted by atomic mass is 10.2. The van der Waals surface area contributed by atoms with Crippen molar-refractivity contribution < 1.29 is 4.79 Å². The second-order valence-corrected chi connectivity index (χ2v) is 7.46. The first kappa shape index (κ1) is 18.3. The van der Waals surface area contributed by atoms with E-state index in [9.17, 15) is 4.79 Å². The number of nitrogens with one attached hydrogen (secondary N) is 1. The summed E-state index contributed by atoms with van der Waals surface area (Å²) in [5.74, 6) is -0.209. The molecule has 0 aliphatic rings. The van der Waals surface area contributed by atoms with Gasteiger partial charge in [0.1, 0.15) is 11.1 Å². The Morgan fingerprint density at radius 1 is 1.38 bits per heavy atom. The van der Waals surface area contributed by atoms with Crippen molar-refractivity contribution in [2.75, 3.05) is 18.9 Å². The van der Waals surface area contributed by atoms with Crippen LogP contribution in [0.1, 0.15) is 23.5 Å². The Hall–Kier alpha value is -2.46. The van der Waals surface area contributed by atoms with Crippen molar-refractivity contribution in [1.82, 2.24) is 9.88 Å². The summed E-state index contributed by atoms with van der Waals surface area (Å²) in [7, 11) is 1.87. The van der Waals surface area contributed by atoms with E-state index < -0.39 is 0 Å². The summed E-state index contributed by atoms with van der Waals surface area (Å²) in [5, 5.41) is 13.3. The SMILES string of the molecule is C[C@H](c1nc2ccccc2s1)N(C)CC(=O)Nc1cc(Cl)ccc1C#N. The summed E-state index contributed by atoms with van der Waals surface area (Å²) in [6.07, 6.45) is 0. The molecule has 3 rings (SSSR count). The van der Waals surface area contributed by atoms with Crippen molar-refractivity contribution in [3.8, 4) is 6.07 Å². The second-order valence-electron chi connectivity index (χ2n) is 5.96. The molecule has 1 heterocycles. The first-order valence-corrected chi connectivity index (χ1v) is 9.22. The van der Waals surface area contributed by atoms with Gasteiger partial charge in [-0.15, -0.1) is 11.3 Å². The number of benzene rings is 2. The number of rotatable bonds is 5. The smallest absolute Gasteiger partial charge is 0.238 e. The van der Waals surface area contributed by atoms with E-state index in [0.717, 1.165) is 15.2 Å². The largest absolute Gasteiger partial charge is 0.324 e. The molecule has 1 N–H and O–H groups in total. The average molecular weight is 385 g/mol. The molecule has 0 radical (unpaired) electrons. The number of carbonyl (C=O) groups is 1. The van der Waals surface area contributed by atoms with Crippen LogP contribution in [0.2, 0.25) is 5.02 Å². The maximum absolute atomic E-state index is 12.4. The second kappa shape index (κ2) is 7.83. The lowest BCUT2D eigenvalue weighted by Crippen LogP contribution is -2.32. The van der Waals surface area contributed by atoms with Gasteiger partial charge in [-0.05, 0) is 44.3 Å². The molecule has 0 aliphatic heterocycles. The Labute approximate surface area is 160 Å². The minimum Gasteiger partial charge on any atom is -0.324 e. The maximum Gasteiger partial charge on any atom is 0.238 e. The molecule has 132 valence electrons. The van der Waals surface area contributed by atoms with E-state index in [1.54, 1.807) is 29.5 Å². The number of anilines is 1. The molecule has 0 bridgehead atoms. The summed E-state index contributed by atoms with van der Waals surface area (Å²) in [6.45, 7) is 2.19. The number of amides is 1. The number of nitrogens with zero attached hydrogens (tertiary/aromatic N) is 3. The molecule has 3 aromatic rings. The topological polar surface area (TPSA) is 69.0 Å². The van der Waals surface area contributed by atoms with E-state index in [1.807, 2.05) is 49.2 Å². The van der Waals surface area contributed by atoms with E-state index in [1.165, 1.54) is 0 Å². The van der Waals surface area contributed by atoms with Crippen molar-refractivity contribution in [1.29, 1.82) is 5.26 Å². The van der Waals surface area contributed by atoms with Crippen LogP contribution in [-0.2, 0) is 4.79 Å². The molecule has 0 unspecified atom stereocenters. The highest BCUT2D eigenvalue weighted by Gasteiger charge is 2.19. The van der Waals surface area contributed by atoms with Crippen molar-refractivity contribution in [2.24, 2.45) is 0 Å². The maximum atomic E-state index is 12.4. The fraction of sp³-hybridized carbons (Fsp3) is 0.211. The molecule has 26 heavy (non-hydrogen) atoms. The molecular formula is C19H17ClN4OS. The first-order valence-electron chi connectivity index (χ1n) is 8.03. The van der Waals surface area contributed by atoms with Gasteiger partial charge in [-0.3, -0.25) is 9.69 Å². The number of para-hydroxylation sites is 1. The van der Waals surface area contributed by atoms with E-state index in [4.69, 9.17) is 16.9 Å². The van der Waals surface area contributed by atoms with Gasteiger partial charge in [0.05, 0.1) is 34.1 Å². The molecule has 7 heteroatoms. The fourth-order valence-electron chi connectivity index (χ4n) is 2.53. The molecule has 0 aliphatic carbocycles. The van der Waals surface area contributed by atoms with Crippen LogP contribution < -0.4 is 5.32 Å². The highest BCUT2D eigenvalue weighted by atomic mass is 35.5. The van der Waals surface area contributed by atoms with Gasteiger partial charge in [-0.1, -0.05) is 23.7 Å².